The highest BCUT2D eigenvalue weighted by Crippen LogP contribution is 2.23. The molecule has 4 nitrogen and oxygen atoms in total. The number of anilines is 1. The number of nitrogens with one attached hydrogen (secondary N) is 2. The zero-order valence-corrected chi connectivity index (χ0v) is 14.0. The van der Waals surface area contributed by atoms with Crippen LogP contribution < -0.4 is 10.6 Å². The molecule has 0 aliphatic carbocycles. The molecule has 2 N–H and O–H groups in total. The van der Waals surface area contributed by atoms with Crippen molar-refractivity contribution >= 4 is 34.1 Å². The Morgan fingerprint density at radius 3 is 2.71 bits per heavy atom. The van der Waals surface area contributed by atoms with Gasteiger partial charge < -0.3 is 10.6 Å². The SMILES string of the molecule is CC(NCC(=O)Nc1ccc(Cl)cn1)c1cccc2ccccc12. The largest absolute Gasteiger partial charge is 0.310 e. The van der Waals surface area contributed by atoms with Gasteiger partial charge in [-0.05, 0) is 35.4 Å². The van der Waals surface area contributed by atoms with E-state index < -0.39 is 0 Å². The second-order valence-electron chi connectivity index (χ2n) is 5.58. The van der Waals surface area contributed by atoms with E-state index in [0.717, 1.165) is 0 Å². The van der Waals surface area contributed by atoms with Crippen molar-refractivity contribution in [3.8, 4) is 0 Å². The number of benzene rings is 2. The van der Waals surface area contributed by atoms with Gasteiger partial charge in [-0.15, -0.1) is 0 Å². The minimum absolute atomic E-state index is 0.0556. The molecule has 1 atom stereocenters. The molecule has 0 aliphatic rings. The molecule has 1 aromatic heterocycles. The third-order valence-corrected chi connectivity index (χ3v) is 4.08. The van der Waals surface area contributed by atoms with Gasteiger partial charge in [-0.1, -0.05) is 54.1 Å². The minimum Gasteiger partial charge on any atom is -0.310 e. The molecule has 1 amide bonds. The number of amides is 1. The zero-order valence-electron chi connectivity index (χ0n) is 13.3. The molecule has 1 heterocycles. The number of carbonyl (C=O) groups excluding carboxylic acids is 1. The summed E-state index contributed by atoms with van der Waals surface area (Å²) in [4.78, 5) is 16.1. The van der Waals surface area contributed by atoms with E-state index in [4.69, 9.17) is 11.6 Å². The Bertz CT molecular complexity index is 843. The lowest BCUT2D eigenvalue weighted by molar-refractivity contribution is -0.115. The Kier molecular flexibility index (Phi) is 5.08. The summed E-state index contributed by atoms with van der Waals surface area (Å²) in [6.45, 7) is 2.25. The lowest BCUT2D eigenvalue weighted by Crippen LogP contribution is -2.30. The van der Waals surface area contributed by atoms with Gasteiger partial charge in [-0.2, -0.15) is 0 Å². The van der Waals surface area contributed by atoms with Gasteiger partial charge >= 0.3 is 0 Å². The number of aromatic nitrogens is 1. The van der Waals surface area contributed by atoms with Gasteiger partial charge in [0, 0.05) is 12.2 Å². The standard InChI is InChI=1S/C19H18ClN3O/c1-13(16-8-4-6-14-5-2-3-7-17(14)16)21-12-19(24)23-18-10-9-15(20)11-22-18/h2-11,13,21H,12H2,1H3,(H,22,23,24). The van der Waals surface area contributed by atoms with E-state index in [1.807, 2.05) is 18.2 Å². The van der Waals surface area contributed by atoms with Crippen molar-refractivity contribution in [2.75, 3.05) is 11.9 Å². The van der Waals surface area contributed by atoms with Crippen LogP contribution in [-0.2, 0) is 4.79 Å². The number of carbonyl (C=O) groups is 1. The van der Waals surface area contributed by atoms with E-state index in [0.29, 0.717) is 10.8 Å². The number of hydrogen-bond donors (Lipinski definition) is 2. The fraction of sp³-hybridized carbons (Fsp3) is 0.158. The maximum Gasteiger partial charge on any atom is 0.239 e. The summed E-state index contributed by atoms with van der Waals surface area (Å²) in [6, 6.07) is 17.9. The summed E-state index contributed by atoms with van der Waals surface area (Å²) in [5.74, 6) is 0.348. The number of pyridine rings is 1. The first-order valence-corrected chi connectivity index (χ1v) is 8.14. The van der Waals surface area contributed by atoms with Crippen molar-refractivity contribution < 1.29 is 4.79 Å². The van der Waals surface area contributed by atoms with Crippen molar-refractivity contribution in [2.24, 2.45) is 0 Å². The van der Waals surface area contributed by atoms with Gasteiger partial charge in [0.2, 0.25) is 5.91 Å². The van der Waals surface area contributed by atoms with E-state index in [1.165, 1.54) is 22.5 Å². The van der Waals surface area contributed by atoms with Crippen LogP contribution in [-0.4, -0.2) is 17.4 Å². The average Bonchev–Trinajstić information content (AvgIpc) is 2.61. The highest BCUT2D eigenvalue weighted by Gasteiger charge is 2.11. The summed E-state index contributed by atoms with van der Waals surface area (Å²) in [7, 11) is 0. The van der Waals surface area contributed by atoms with E-state index in [9.17, 15) is 4.79 Å². The topological polar surface area (TPSA) is 54.0 Å². The van der Waals surface area contributed by atoms with Crippen LogP contribution in [0.2, 0.25) is 5.02 Å². The lowest BCUT2D eigenvalue weighted by atomic mass is 10.00. The average molecular weight is 340 g/mol. The molecule has 0 fully saturated rings. The fourth-order valence-corrected chi connectivity index (χ4v) is 2.73. The van der Waals surface area contributed by atoms with Crippen LogP contribution in [0.15, 0.2) is 60.8 Å². The first kappa shape index (κ1) is 16.4. The molecule has 0 radical (unpaired) electrons. The molecule has 24 heavy (non-hydrogen) atoms. The monoisotopic (exact) mass is 339 g/mol. The minimum atomic E-state index is -0.142. The Hall–Kier alpha value is -2.43. The molecule has 122 valence electrons. The highest BCUT2D eigenvalue weighted by atomic mass is 35.5. The lowest BCUT2D eigenvalue weighted by Gasteiger charge is -2.16. The molecule has 0 saturated carbocycles. The highest BCUT2D eigenvalue weighted by molar-refractivity contribution is 6.30. The number of nitrogens with zero attached hydrogens (tertiary/aromatic N) is 1. The second kappa shape index (κ2) is 7.43. The van der Waals surface area contributed by atoms with Gasteiger partial charge in [0.05, 0.1) is 11.6 Å². The van der Waals surface area contributed by atoms with Crippen molar-refractivity contribution in [2.45, 2.75) is 13.0 Å². The zero-order chi connectivity index (χ0) is 16.9. The molecule has 3 rings (SSSR count). The van der Waals surface area contributed by atoms with Gasteiger partial charge in [0.25, 0.3) is 0 Å². The molecule has 5 heteroatoms. The molecule has 3 aromatic rings. The summed E-state index contributed by atoms with van der Waals surface area (Å²) in [5, 5.41) is 8.92. The van der Waals surface area contributed by atoms with Crippen LogP contribution in [0.25, 0.3) is 10.8 Å². The van der Waals surface area contributed by atoms with Gasteiger partial charge in [0.1, 0.15) is 5.82 Å². The van der Waals surface area contributed by atoms with Crippen LogP contribution in [0.3, 0.4) is 0 Å². The van der Waals surface area contributed by atoms with Gasteiger partial charge in [-0.3, -0.25) is 4.79 Å². The van der Waals surface area contributed by atoms with Crippen LogP contribution in [0.5, 0.6) is 0 Å². The van der Waals surface area contributed by atoms with Crippen LogP contribution in [0, 0.1) is 0 Å². The molecule has 0 saturated heterocycles. The quantitative estimate of drug-likeness (QED) is 0.733. The van der Waals surface area contributed by atoms with Crippen molar-refractivity contribution in [3.63, 3.8) is 0 Å². The predicted octanol–water partition coefficient (Wildman–Crippen LogP) is 4.18. The Morgan fingerprint density at radius 2 is 1.92 bits per heavy atom. The summed E-state index contributed by atoms with van der Waals surface area (Å²) >= 11 is 5.78. The number of halogens is 1. The molecule has 0 aliphatic heterocycles. The summed E-state index contributed by atoms with van der Waals surface area (Å²) in [5.41, 5.74) is 1.17. The molecule has 0 bridgehead atoms. The molecule has 0 spiro atoms. The predicted molar refractivity (Wildman–Crippen MR) is 98.2 cm³/mol. The second-order valence-corrected chi connectivity index (χ2v) is 6.02. The third-order valence-electron chi connectivity index (χ3n) is 3.85. The smallest absolute Gasteiger partial charge is 0.239 e. The number of rotatable bonds is 5. The Labute approximate surface area is 145 Å². The maximum absolute atomic E-state index is 12.1. The van der Waals surface area contributed by atoms with Crippen LogP contribution >= 0.6 is 11.6 Å². The molecule has 1 unspecified atom stereocenters. The van der Waals surface area contributed by atoms with Gasteiger partial charge in [-0.25, -0.2) is 4.98 Å². The van der Waals surface area contributed by atoms with E-state index in [-0.39, 0.29) is 18.5 Å². The van der Waals surface area contributed by atoms with Crippen LogP contribution in [0.4, 0.5) is 5.82 Å². The summed E-state index contributed by atoms with van der Waals surface area (Å²) in [6.07, 6.45) is 1.50. The van der Waals surface area contributed by atoms with E-state index >= 15 is 0 Å². The Morgan fingerprint density at radius 1 is 1.12 bits per heavy atom. The van der Waals surface area contributed by atoms with Crippen molar-refractivity contribution in [1.82, 2.24) is 10.3 Å². The van der Waals surface area contributed by atoms with E-state index in [1.54, 1.807) is 12.1 Å². The van der Waals surface area contributed by atoms with Crippen LogP contribution in [0.1, 0.15) is 18.5 Å². The van der Waals surface area contributed by atoms with E-state index in [2.05, 4.69) is 46.8 Å². The summed E-state index contributed by atoms with van der Waals surface area (Å²) < 4.78 is 0. The Balaban J connectivity index is 1.63. The fourth-order valence-electron chi connectivity index (χ4n) is 2.62. The van der Waals surface area contributed by atoms with Crippen molar-refractivity contribution in [3.05, 3.63) is 71.4 Å². The molecular weight excluding hydrogens is 322 g/mol. The van der Waals surface area contributed by atoms with Gasteiger partial charge in [0.15, 0.2) is 0 Å². The molecule has 2 aromatic carbocycles. The first-order chi connectivity index (χ1) is 11.6. The number of fused-ring (bicyclic) bond motifs is 1. The normalized spacial score (nSPS) is 12.1. The third kappa shape index (κ3) is 3.91. The maximum atomic E-state index is 12.1. The first-order valence-electron chi connectivity index (χ1n) is 7.76. The van der Waals surface area contributed by atoms with Crippen molar-refractivity contribution in [1.29, 1.82) is 0 Å². The number of hydrogen-bond acceptors (Lipinski definition) is 3. The molecular formula is C19H18ClN3O.